The molecular weight excluding hydrogens is 343 g/mol. The van der Waals surface area contributed by atoms with Crippen LogP contribution >= 0.6 is 0 Å². The van der Waals surface area contributed by atoms with Crippen LogP contribution in [0.1, 0.15) is 17.5 Å². The second-order valence-corrected chi connectivity index (χ2v) is 7.67. The summed E-state index contributed by atoms with van der Waals surface area (Å²) in [6.07, 6.45) is 3.07. The Bertz CT molecular complexity index is 757. The number of aliphatic hydroxyl groups is 1. The SMILES string of the molecule is O[C@@H](COc1ccc2c(c1)CCC2)C[NH+]1CCN(c2ccc(F)cc2)CC1. The number of ether oxygens (including phenoxy) is 1. The van der Waals surface area contributed by atoms with Crippen LogP contribution in [0.5, 0.6) is 5.75 Å². The lowest BCUT2D eigenvalue weighted by Gasteiger charge is -2.34. The van der Waals surface area contributed by atoms with Crippen molar-refractivity contribution in [2.45, 2.75) is 25.4 Å². The highest BCUT2D eigenvalue weighted by molar-refractivity contribution is 5.46. The Morgan fingerprint density at radius 1 is 1.04 bits per heavy atom. The number of hydrogen-bond acceptors (Lipinski definition) is 3. The largest absolute Gasteiger partial charge is 0.491 e. The van der Waals surface area contributed by atoms with Crippen molar-refractivity contribution in [2.24, 2.45) is 0 Å². The minimum atomic E-state index is -0.467. The van der Waals surface area contributed by atoms with Gasteiger partial charge in [-0.05, 0) is 66.8 Å². The Morgan fingerprint density at radius 2 is 1.78 bits per heavy atom. The first-order valence-electron chi connectivity index (χ1n) is 9.94. The third-order valence-electron chi connectivity index (χ3n) is 5.70. The molecule has 0 saturated carbocycles. The molecule has 2 aromatic rings. The maximum Gasteiger partial charge on any atom is 0.137 e. The van der Waals surface area contributed by atoms with E-state index >= 15 is 0 Å². The van der Waals surface area contributed by atoms with Crippen LogP contribution in [0.15, 0.2) is 42.5 Å². The van der Waals surface area contributed by atoms with E-state index in [0.717, 1.165) is 44.0 Å². The van der Waals surface area contributed by atoms with Gasteiger partial charge in [-0.2, -0.15) is 0 Å². The van der Waals surface area contributed by atoms with Gasteiger partial charge >= 0.3 is 0 Å². The van der Waals surface area contributed by atoms with Crippen LogP contribution < -0.4 is 14.5 Å². The number of fused-ring (bicyclic) bond motifs is 1. The second-order valence-electron chi connectivity index (χ2n) is 7.67. The number of aliphatic hydroxyl groups excluding tert-OH is 1. The molecule has 4 rings (SSSR count). The van der Waals surface area contributed by atoms with Gasteiger partial charge in [0.25, 0.3) is 0 Å². The topological polar surface area (TPSA) is 37.1 Å². The van der Waals surface area contributed by atoms with Crippen LogP contribution in [0.25, 0.3) is 0 Å². The zero-order valence-electron chi connectivity index (χ0n) is 15.7. The molecule has 0 amide bonds. The van der Waals surface area contributed by atoms with Gasteiger partial charge in [0.2, 0.25) is 0 Å². The molecule has 1 aliphatic heterocycles. The summed E-state index contributed by atoms with van der Waals surface area (Å²) in [7, 11) is 0. The smallest absolute Gasteiger partial charge is 0.137 e. The Morgan fingerprint density at radius 3 is 2.56 bits per heavy atom. The molecule has 1 heterocycles. The number of benzene rings is 2. The number of rotatable bonds is 6. The quantitative estimate of drug-likeness (QED) is 0.807. The summed E-state index contributed by atoms with van der Waals surface area (Å²) in [6.45, 7) is 4.80. The standard InChI is InChI=1S/C22H27FN2O2/c23-19-5-7-20(8-6-19)25-12-10-24(11-13-25)15-21(26)16-27-22-9-4-17-2-1-3-18(17)14-22/h4-9,14,21,26H,1-3,10-13,15-16H2/p+1/t21-/m1/s1. The average molecular weight is 371 g/mol. The van der Waals surface area contributed by atoms with Crippen molar-refractivity contribution in [1.82, 2.24) is 0 Å². The fraction of sp³-hybridized carbons (Fsp3) is 0.455. The minimum absolute atomic E-state index is 0.200. The molecule has 1 fully saturated rings. The zero-order valence-corrected chi connectivity index (χ0v) is 15.7. The number of piperazine rings is 1. The van der Waals surface area contributed by atoms with E-state index in [0.29, 0.717) is 13.2 Å². The highest BCUT2D eigenvalue weighted by Crippen LogP contribution is 2.26. The molecule has 0 radical (unpaired) electrons. The van der Waals surface area contributed by atoms with E-state index in [1.165, 1.54) is 41.0 Å². The number of nitrogens with zero attached hydrogens (tertiary/aromatic N) is 1. The normalized spacial score (nSPS) is 18.4. The summed E-state index contributed by atoms with van der Waals surface area (Å²) in [5, 5.41) is 10.4. The lowest BCUT2D eigenvalue weighted by Crippen LogP contribution is -3.16. The van der Waals surface area contributed by atoms with Crippen molar-refractivity contribution in [3.05, 3.63) is 59.4 Å². The number of quaternary nitrogens is 1. The van der Waals surface area contributed by atoms with Crippen LogP contribution in [-0.2, 0) is 12.8 Å². The van der Waals surface area contributed by atoms with Crippen molar-refractivity contribution in [2.75, 3.05) is 44.2 Å². The van der Waals surface area contributed by atoms with Gasteiger partial charge in [0, 0.05) is 5.69 Å². The van der Waals surface area contributed by atoms with Crippen LogP contribution in [0.2, 0.25) is 0 Å². The molecule has 4 nitrogen and oxygen atoms in total. The molecule has 2 aromatic carbocycles. The van der Waals surface area contributed by atoms with Gasteiger partial charge in [-0.25, -0.2) is 4.39 Å². The maximum absolute atomic E-state index is 13.1. The van der Waals surface area contributed by atoms with Crippen LogP contribution in [0.4, 0.5) is 10.1 Å². The second kappa shape index (κ2) is 8.28. The van der Waals surface area contributed by atoms with Crippen molar-refractivity contribution in [1.29, 1.82) is 0 Å². The van der Waals surface area contributed by atoms with Crippen LogP contribution in [0, 0.1) is 5.82 Å². The average Bonchev–Trinajstić information content (AvgIpc) is 3.15. The van der Waals surface area contributed by atoms with E-state index in [4.69, 9.17) is 4.74 Å². The van der Waals surface area contributed by atoms with Gasteiger partial charge in [-0.1, -0.05) is 6.07 Å². The molecule has 1 aliphatic carbocycles. The molecule has 5 heteroatoms. The van der Waals surface area contributed by atoms with Crippen molar-refractivity contribution in [3.8, 4) is 5.75 Å². The van der Waals surface area contributed by atoms with Gasteiger partial charge < -0.3 is 19.6 Å². The van der Waals surface area contributed by atoms with Crippen LogP contribution in [-0.4, -0.2) is 50.5 Å². The summed E-state index contributed by atoms with van der Waals surface area (Å²) in [6, 6.07) is 13.0. The molecule has 1 saturated heterocycles. The molecule has 0 spiro atoms. The molecule has 0 aromatic heterocycles. The Balaban J connectivity index is 1.21. The van der Waals surface area contributed by atoms with E-state index in [-0.39, 0.29) is 5.82 Å². The molecule has 2 aliphatic rings. The highest BCUT2D eigenvalue weighted by Gasteiger charge is 2.23. The van der Waals surface area contributed by atoms with Gasteiger partial charge in [0.15, 0.2) is 0 Å². The first-order valence-corrected chi connectivity index (χ1v) is 9.94. The fourth-order valence-corrected chi connectivity index (χ4v) is 4.16. The maximum atomic E-state index is 13.1. The third kappa shape index (κ3) is 4.60. The van der Waals surface area contributed by atoms with Gasteiger partial charge in [0.05, 0.1) is 26.2 Å². The van der Waals surface area contributed by atoms with E-state index in [9.17, 15) is 9.50 Å². The van der Waals surface area contributed by atoms with E-state index in [1.54, 1.807) is 0 Å². The monoisotopic (exact) mass is 371 g/mol. The highest BCUT2D eigenvalue weighted by atomic mass is 19.1. The third-order valence-corrected chi connectivity index (χ3v) is 5.70. The number of hydrogen-bond donors (Lipinski definition) is 2. The predicted molar refractivity (Wildman–Crippen MR) is 104 cm³/mol. The summed E-state index contributed by atoms with van der Waals surface area (Å²) in [5.41, 5.74) is 3.90. The first kappa shape index (κ1) is 18.3. The molecule has 144 valence electrons. The molecule has 2 N–H and O–H groups in total. The minimum Gasteiger partial charge on any atom is -0.491 e. The molecule has 1 atom stereocenters. The number of aryl methyl sites for hydroxylation is 2. The number of halogens is 1. The van der Waals surface area contributed by atoms with Crippen molar-refractivity contribution in [3.63, 3.8) is 0 Å². The summed E-state index contributed by atoms with van der Waals surface area (Å²) >= 11 is 0. The van der Waals surface area contributed by atoms with E-state index in [1.807, 2.05) is 18.2 Å². The Hall–Kier alpha value is -2.11. The van der Waals surface area contributed by atoms with E-state index in [2.05, 4.69) is 17.0 Å². The number of nitrogens with one attached hydrogen (secondary N) is 1. The first-order chi connectivity index (χ1) is 13.2. The number of anilines is 1. The zero-order chi connectivity index (χ0) is 18.6. The lowest BCUT2D eigenvalue weighted by atomic mass is 10.1. The predicted octanol–water partition coefficient (Wildman–Crippen LogP) is 1.46. The Labute approximate surface area is 160 Å². The fourth-order valence-electron chi connectivity index (χ4n) is 4.16. The summed E-state index contributed by atoms with van der Waals surface area (Å²) < 4.78 is 18.9. The summed E-state index contributed by atoms with van der Waals surface area (Å²) in [5.74, 6) is 0.667. The Kier molecular flexibility index (Phi) is 5.60. The summed E-state index contributed by atoms with van der Waals surface area (Å²) in [4.78, 5) is 3.66. The van der Waals surface area contributed by atoms with Crippen LogP contribution in [0.3, 0.4) is 0 Å². The molecule has 27 heavy (non-hydrogen) atoms. The van der Waals surface area contributed by atoms with Gasteiger partial charge in [-0.15, -0.1) is 0 Å². The van der Waals surface area contributed by atoms with E-state index < -0.39 is 6.10 Å². The molecule has 0 unspecified atom stereocenters. The molecular formula is C22H28FN2O2+. The van der Waals surface area contributed by atoms with Crippen molar-refractivity contribution >= 4 is 5.69 Å². The van der Waals surface area contributed by atoms with Gasteiger partial charge in [-0.3, -0.25) is 0 Å². The van der Waals surface area contributed by atoms with Crippen molar-refractivity contribution < 1.29 is 19.1 Å². The molecule has 0 bridgehead atoms. The van der Waals surface area contributed by atoms with Gasteiger partial charge in [0.1, 0.15) is 30.8 Å². The lowest BCUT2D eigenvalue weighted by molar-refractivity contribution is -0.903.